The van der Waals surface area contributed by atoms with Crippen molar-refractivity contribution in [3.63, 3.8) is 0 Å². The van der Waals surface area contributed by atoms with E-state index in [4.69, 9.17) is 4.74 Å². The average Bonchev–Trinajstić information content (AvgIpc) is 2.93. The Morgan fingerprint density at radius 2 is 1.77 bits per heavy atom. The second kappa shape index (κ2) is 8.41. The SMILES string of the molecule is C[C@H]1C2CCN(C(=O)OCC3CCCCC3)C1c1cc(N3CCN(C)CC3)ccc12. The van der Waals surface area contributed by atoms with E-state index in [0.29, 0.717) is 24.4 Å². The van der Waals surface area contributed by atoms with Crippen LogP contribution in [0.25, 0.3) is 0 Å². The highest BCUT2D eigenvalue weighted by Crippen LogP contribution is 2.53. The van der Waals surface area contributed by atoms with Gasteiger partial charge in [-0.15, -0.1) is 0 Å². The molecule has 2 saturated heterocycles. The van der Waals surface area contributed by atoms with E-state index >= 15 is 0 Å². The summed E-state index contributed by atoms with van der Waals surface area (Å²) in [5.41, 5.74) is 4.15. The second-order valence-corrected chi connectivity index (χ2v) is 10.1. The van der Waals surface area contributed by atoms with Gasteiger partial charge in [-0.3, -0.25) is 0 Å². The number of piperazine rings is 1. The van der Waals surface area contributed by atoms with Gasteiger partial charge in [0, 0.05) is 38.4 Å². The molecule has 1 saturated carbocycles. The first-order valence-electron chi connectivity index (χ1n) is 12.1. The Kier molecular flexibility index (Phi) is 5.65. The van der Waals surface area contributed by atoms with Crippen LogP contribution in [0.2, 0.25) is 0 Å². The number of hydrogen-bond donors (Lipinski definition) is 0. The fourth-order valence-electron chi connectivity index (χ4n) is 6.32. The first-order chi connectivity index (χ1) is 14.6. The summed E-state index contributed by atoms with van der Waals surface area (Å²) in [5, 5.41) is 0. The van der Waals surface area contributed by atoms with E-state index < -0.39 is 0 Å². The van der Waals surface area contributed by atoms with Crippen LogP contribution < -0.4 is 4.90 Å². The van der Waals surface area contributed by atoms with Crippen molar-refractivity contribution in [1.29, 1.82) is 0 Å². The molecule has 2 aliphatic heterocycles. The third kappa shape index (κ3) is 3.70. The summed E-state index contributed by atoms with van der Waals surface area (Å²) < 4.78 is 5.86. The predicted molar refractivity (Wildman–Crippen MR) is 120 cm³/mol. The standard InChI is InChI=1S/C25H37N3O2/c1-18-21-10-11-28(25(29)30-17-19-6-4-3-5-7-19)24(18)23-16-20(8-9-22(21)23)27-14-12-26(2)13-15-27/h8-9,16,18-19,21,24H,3-7,10-15,17H2,1-2H3/t18-,21?,24?/m0/s1. The van der Waals surface area contributed by atoms with Gasteiger partial charge in [0.15, 0.2) is 0 Å². The van der Waals surface area contributed by atoms with E-state index in [1.165, 1.54) is 48.9 Å². The topological polar surface area (TPSA) is 36.0 Å². The van der Waals surface area contributed by atoms with Gasteiger partial charge in [-0.25, -0.2) is 4.79 Å². The molecule has 0 radical (unpaired) electrons. The Hall–Kier alpha value is -1.75. The van der Waals surface area contributed by atoms with E-state index in [0.717, 1.165) is 39.1 Å². The molecule has 5 nitrogen and oxygen atoms in total. The summed E-state index contributed by atoms with van der Waals surface area (Å²) in [5.74, 6) is 1.62. The van der Waals surface area contributed by atoms with Crippen molar-refractivity contribution in [2.45, 2.75) is 57.4 Å². The Morgan fingerprint density at radius 3 is 2.53 bits per heavy atom. The molecule has 1 aromatic carbocycles. The summed E-state index contributed by atoms with van der Waals surface area (Å²) in [4.78, 5) is 20.0. The van der Waals surface area contributed by atoms with Gasteiger partial charge in [-0.1, -0.05) is 32.3 Å². The van der Waals surface area contributed by atoms with Crippen LogP contribution in [0, 0.1) is 11.8 Å². The van der Waals surface area contributed by atoms with Crippen molar-refractivity contribution in [2.24, 2.45) is 11.8 Å². The first-order valence-corrected chi connectivity index (χ1v) is 12.1. The number of anilines is 1. The van der Waals surface area contributed by atoms with Gasteiger partial charge in [0.1, 0.15) is 0 Å². The lowest BCUT2D eigenvalue weighted by Gasteiger charge is -2.38. The minimum absolute atomic E-state index is 0.0891. The van der Waals surface area contributed by atoms with Gasteiger partial charge in [0.2, 0.25) is 0 Å². The van der Waals surface area contributed by atoms with E-state index in [1.807, 2.05) is 4.90 Å². The maximum absolute atomic E-state index is 13.1. The number of likely N-dealkylation sites (N-methyl/N-ethyl adjacent to an activating group) is 1. The molecule has 2 heterocycles. The zero-order chi connectivity index (χ0) is 20.7. The molecular formula is C25H37N3O2. The first kappa shape index (κ1) is 20.2. The zero-order valence-electron chi connectivity index (χ0n) is 18.7. The molecule has 30 heavy (non-hydrogen) atoms. The van der Waals surface area contributed by atoms with Gasteiger partial charge in [-0.05, 0) is 67.3 Å². The van der Waals surface area contributed by atoms with Crippen LogP contribution in [0.15, 0.2) is 18.2 Å². The van der Waals surface area contributed by atoms with Crippen molar-refractivity contribution >= 4 is 11.8 Å². The second-order valence-electron chi connectivity index (χ2n) is 10.1. The van der Waals surface area contributed by atoms with Crippen LogP contribution in [0.3, 0.4) is 0 Å². The molecule has 2 aliphatic carbocycles. The molecule has 2 unspecified atom stereocenters. The Morgan fingerprint density at radius 1 is 1.00 bits per heavy atom. The summed E-state index contributed by atoms with van der Waals surface area (Å²) >= 11 is 0. The molecular weight excluding hydrogens is 374 g/mol. The highest BCUT2D eigenvalue weighted by molar-refractivity contribution is 5.70. The van der Waals surface area contributed by atoms with Gasteiger partial charge in [0.05, 0.1) is 12.6 Å². The van der Waals surface area contributed by atoms with Crippen molar-refractivity contribution in [1.82, 2.24) is 9.80 Å². The highest BCUT2D eigenvalue weighted by atomic mass is 16.6. The third-order valence-electron chi connectivity index (χ3n) is 8.21. The molecule has 1 aromatic rings. The normalized spacial score (nSPS) is 29.7. The molecule has 164 valence electrons. The minimum Gasteiger partial charge on any atom is -0.449 e. The van der Waals surface area contributed by atoms with E-state index in [1.54, 1.807) is 0 Å². The fraction of sp³-hybridized carbons (Fsp3) is 0.720. The molecule has 5 rings (SSSR count). The number of fused-ring (bicyclic) bond motifs is 5. The van der Waals surface area contributed by atoms with Crippen molar-refractivity contribution < 1.29 is 9.53 Å². The highest BCUT2D eigenvalue weighted by Gasteiger charge is 2.47. The Labute approximate surface area is 181 Å². The maximum Gasteiger partial charge on any atom is 0.410 e. The summed E-state index contributed by atoms with van der Waals surface area (Å²) in [7, 11) is 2.20. The number of ether oxygens (including phenoxy) is 1. The van der Waals surface area contributed by atoms with Gasteiger partial charge in [0.25, 0.3) is 0 Å². The van der Waals surface area contributed by atoms with Crippen LogP contribution in [-0.2, 0) is 4.74 Å². The zero-order valence-corrected chi connectivity index (χ0v) is 18.7. The lowest BCUT2D eigenvalue weighted by atomic mass is 9.86. The lowest BCUT2D eigenvalue weighted by Crippen LogP contribution is -2.44. The van der Waals surface area contributed by atoms with Crippen LogP contribution in [0.4, 0.5) is 10.5 Å². The van der Waals surface area contributed by atoms with E-state index in [9.17, 15) is 4.79 Å². The van der Waals surface area contributed by atoms with Crippen LogP contribution >= 0.6 is 0 Å². The summed E-state index contributed by atoms with van der Waals surface area (Å²) in [6, 6.07) is 7.21. The maximum atomic E-state index is 13.1. The van der Waals surface area contributed by atoms with E-state index in [-0.39, 0.29) is 12.1 Å². The van der Waals surface area contributed by atoms with E-state index in [2.05, 4.69) is 42.0 Å². The molecule has 0 N–H and O–H groups in total. The Bertz CT molecular complexity index is 768. The lowest BCUT2D eigenvalue weighted by molar-refractivity contribution is 0.0444. The Balaban J connectivity index is 1.32. The molecule has 0 spiro atoms. The monoisotopic (exact) mass is 411 g/mol. The van der Waals surface area contributed by atoms with Gasteiger partial charge >= 0.3 is 6.09 Å². The summed E-state index contributed by atoms with van der Waals surface area (Å²) in [6.45, 7) is 8.12. The number of carbonyl (C=O) groups excluding carboxylic acids is 1. The largest absolute Gasteiger partial charge is 0.449 e. The average molecular weight is 412 g/mol. The predicted octanol–water partition coefficient (Wildman–Crippen LogP) is 4.64. The fourth-order valence-corrected chi connectivity index (χ4v) is 6.32. The van der Waals surface area contributed by atoms with Crippen LogP contribution in [0.5, 0.6) is 0 Å². The minimum atomic E-state index is -0.0891. The number of hydrogen-bond acceptors (Lipinski definition) is 4. The molecule has 2 bridgehead atoms. The molecule has 3 atom stereocenters. The van der Waals surface area contributed by atoms with Gasteiger partial charge in [-0.2, -0.15) is 0 Å². The number of likely N-dealkylation sites (tertiary alicyclic amines) is 1. The quantitative estimate of drug-likeness (QED) is 0.726. The van der Waals surface area contributed by atoms with Crippen molar-refractivity contribution in [2.75, 3.05) is 51.3 Å². The smallest absolute Gasteiger partial charge is 0.410 e. The number of amides is 1. The molecule has 1 amide bonds. The summed E-state index contributed by atoms with van der Waals surface area (Å²) in [6.07, 6.45) is 7.30. The number of rotatable bonds is 3. The number of piperidine rings is 1. The molecule has 3 fully saturated rings. The van der Waals surface area contributed by atoms with Crippen LogP contribution in [0.1, 0.15) is 68.5 Å². The molecule has 0 aromatic heterocycles. The van der Waals surface area contributed by atoms with Crippen molar-refractivity contribution in [3.8, 4) is 0 Å². The number of benzene rings is 1. The molecule has 4 aliphatic rings. The number of carbonyl (C=O) groups is 1. The van der Waals surface area contributed by atoms with Gasteiger partial charge < -0.3 is 19.4 Å². The molecule has 5 heteroatoms. The third-order valence-corrected chi connectivity index (χ3v) is 8.21. The van der Waals surface area contributed by atoms with Crippen LogP contribution in [-0.4, -0.2) is 62.3 Å². The number of nitrogens with zero attached hydrogens (tertiary/aromatic N) is 3. The van der Waals surface area contributed by atoms with Crippen molar-refractivity contribution in [3.05, 3.63) is 29.3 Å².